The van der Waals surface area contributed by atoms with Crippen LogP contribution in [0, 0.1) is 6.92 Å². The van der Waals surface area contributed by atoms with Crippen LogP contribution >= 0.6 is 0 Å². The minimum Gasteiger partial charge on any atom is -0.436 e. The monoisotopic (exact) mass is 327 g/mol. The number of aromatic nitrogens is 3. The van der Waals surface area contributed by atoms with Crippen molar-refractivity contribution in [2.45, 2.75) is 13.5 Å². The zero-order valence-electron chi connectivity index (χ0n) is 12.5. The molecule has 0 unspecified atom stereocenters. The van der Waals surface area contributed by atoms with Crippen molar-refractivity contribution < 1.29 is 17.9 Å². The lowest BCUT2D eigenvalue weighted by atomic mass is 10.1. The highest BCUT2D eigenvalue weighted by molar-refractivity contribution is 5.91. The maximum absolute atomic E-state index is 12.3. The number of nitrogens with zero attached hydrogens (tertiary/aromatic N) is 3. The van der Waals surface area contributed by atoms with Crippen LogP contribution in [-0.4, -0.2) is 21.6 Å². The fourth-order valence-corrected chi connectivity index (χ4v) is 2.55. The average molecular weight is 327 g/mol. The molecule has 0 bridgehead atoms. The predicted octanol–water partition coefficient (Wildman–Crippen LogP) is 4.35. The van der Waals surface area contributed by atoms with Crippen LogP contribution in [0.2, 0.25) is 0 Å². The summed E-state index contributed by atoms with van der Waals surface area (Å²) in [5.74, 6) is 0.174. The van der Waals surface area contributed by atoms with Gasteiger partial charge in [-0.2, -0.15) is 8.78 Å². The fraction of sp³-hybridized carbons (Fsp3) is 0.118. The molecule has 0 aliphatic rings. The SMILES string of the molecule is Cc1cc(-c2nc3ccccc3o2)c2ncc(OC(F)F)nc2c1. The van der Waals surface area contributed by atoms with Gasteiger partial charge in [0.2, 0.25) is 11.8 Å². The first-order valence-electron chi connectivity index (χ1n) is 7.18. The van der Waals surface area contributed by atoms with Crippen LogP contribution in [0.3, 0.4) is 0 Å². The molecule has 24 heavy (non-hydrogen) atoms. The van der Waals surface area contributed by atoms with E-state index in [9.17, 15) is 8.78 Å². The van der Waals surface area contributed by atoms with Crippen LogP contribution in [-0.2, 0) is 0 Å². The second kappa shape index (κ2) is 5.52. The lowest BCUT2D eigenvalue weighted by Gasteiger charge is -2.07. The first kappa shape index (κ1) is 14.5. The largest absolute Gasteiger partial charge is 0.436 e. The summed E-state index contributed by atoms with van der Waals surface area (Å²) in [7, 11) is 0. The summed E-state index contributed by atoms with van der Waals surface area (Å²) in [6, 6.07) is 11.0. The van der Waals surface area contributed by atoms with E-state index in [1.165, 1.54) is 0 Å². The molecule has 0 aliphatic carbocycles. The Morgan fingerprint density at radius 1 is 1.08 bits per heavy atom. The summed E-state index contributed by atoms with van der Waals surface area (Å²) < 4.78 is 34.8. The quantitative estimate of drug-likeness (QED) is 0.560. The standard InChI is InChI=1S/C17H11F2N3O2/c1-9-6-10(16-22-11-4-2-3-5-13(11)23-16)15-12(7-9)21-14(8-20-15)24-17(18)19/h2-8,17H,1H3. The van der Waals surface area contributed by atoms with E-state index in [4.69, 9.17) is 4.42 Å². The Kier molecular flexibility index (Phi) is 3.34. The molecule has 0 atom stereocenters. The zero-order chi connectivity index (χ0) is 16.7. The Bertz CT molecular complexity index is 1010. The Hall–Kier alpha value is -3.09. The number of halogens is 2. The van der Waals surface area contributed by atoms with Crippen LogP contribution < -0.4 is 4.74 Å². The van der Waals surface area contributed by atoms with Gasteiger partial charge in [-0.05, 0) is 36.8 Å². The number of hydrogen-bond donors (Lipinski definition) is 0. The number of para-hydroxylation sites is 2. The Morgan fingerprint density at radius 3 is 2.71 bits per heavy atom. The van der Waals surface area contributed by atoms with E-state index in [1.807, 2.05) is 37.3 Å². The lowest BCUT2D eigenvalue weighted by molar-refractivity contribution is -0.0528. The predicted molar refractivity (Wildman–Crippen MR) is 83.9 cm³/mol. The van der Waals surface area contributed by atoms with Crippen molar-refractivity contribution in [1.29, 1.82) is 0 Å². The average Bonchev–Trinajstić information content (AvgIpc) is 2.97. The molecule has 0 saturated heterocycles. The molecule has 0 spiro atoms. The molecule has 2 aromatic carbocycles. The molecule has 120 valence electrons. The van der Waals surface area contributed by atoms with Crippen molar-refractivity contribution in [3.63, 3.8) is 0 Å². The number of oxazole rings is 1. The third-order valence-corrected chi connectivity index (χ3v) is 3.50. The second-order valence-electron chi connectivity index (χ2n) is 5.25. The van der Waals surface area contributed by atoms with E-state index in [0.717, 1.165) is 17.3 Å². The van der Waals surface area contributed by atoms with Gasteiger partial charge in [0.1, 0.15) is 11.0 Å². The minimum atomic E-state index is -2.95. The van der Waals surface area contributed by atoms with E-state index < -0.39 is 6.61 Å². The number of aryl methyl sites for hydroxylation is 1. The molecule has 4 rings (SSSR count). The van der Waals surface area contributed by atoms with Crippen LogP contribution in [0.15, 0.2) is 47.0 Å². The van der Waals surface area contributed by atoms with Crippen molar-refractivity contribution in [1.82, 2.24) is 15.0 Å². The molecule has 0 aliphatic heterocycles. The summed E-state index contributed by atoms with van der Waals surface area (Å²) in [5, 5.41) is 0. The number of fused-ring (bicyclic) bond motifs is 2. The van der Waals surface area contributed by atoms with Crippen LogP contribution in [0.4, 0.5) is 8.78 Å². The molecule has 2 aromatic heterocycles. The highest BCUT2D eigenvalue weighted by Gasteiger charge is 2.15. The molecule has 0 amide bonds. The van der Waals surface area contributed by atoms with Gasteiger partial charge >= 0.3 is 6.61 Å². The fourth-order valence-electron chi connectivity index (χ4n) is 2.55. The smallest absolute Gasteiger partial charge is 0.388 e. The molecule has 0 saturated carbocycles. The van der Waals surface area contributed by atoms with Gasteiger partial charge < -0.3 is 9.15 Å². The highest BCUT2D eigenvalue weighted by Crippen LogP contribution is 2.30. The molecule has 0 fully saturated rings. The van der Waals surface area contributed by atoms with Gasteiger partial charge in [0.15, 0.2) is 5.58 Å². The molecule has 2 heterocycles. The molecule has 5 nitrogen and oxygen atoms in total. The number of rotatable bonds is 3. The molecule has 0 N–H and O–H groups in total. The summed E-state index contributed by atoms with van der Waals surface area (Å²) in [4.78, 5) is 12.7. The maximum atomic E-state index is 12.3. The second-order valence-corrected chi connectivity index (χ2v) is 5.25. The molecule has 7 heteroatoms. The van der Waals surface area contributed by atoms with Gasteiger partial charge in [0.25, 0.3) is 0 Å². The zero-order valence-corrected chi connectivity index (χ0v) is 12.5. The Balaban J connectivity index is 1.91. The van der Waals surface area contributed by atoms with Gasteiger partial charge in [-0.1, -0.05) is 12.1 Å². The number of hydrogen-bond acceptors (Lipinski definition) is 5. The van der Waals surface area contributed by atoms with Gasteiger partial charge in [0, 0.05) is 0 Å². The summed E-state index contributed by atoms with van der Waals surface area (Å²) >= 11 is 0. The molecular formula is C17H11F2N3O2. The van der Waals surface area contributed by atoms with Crippen molar-refractivity contribution in [2.24, 2.45) is 0 Å². The lowest BCUT2D eigenvalue weighted by Crippen LogP contribution is -2.04. The van der Waals surface area contributed by atoms with E-state index in [2.05, 4.69) is 19.7 Å². The van der Waals surface area contributed by atoms with Crippen molar-refractivity contribution in [3.05, 3.63) is 48.2 Å². The van der Waals surface area contributed by atoms with Gasteiger partial charge in [-0.15, -0.1) is 0 Å². The Labute approximate surface area is 134 Å². The van der Waals surface area contributed by atoms with Gasteiger partial charge in [-0.25, -0.2) is 15.0 Å². The first-order valence-corrected chi connectivity index (χ1v) is 7.18. The van der Waals surface area contributed by atoms with Crippen LogP contribution in [0.25, 0.3) is 33.6 Å². The summed E-state index contributed by atoms with van der Waals surface area (Å²) in [6.45, 7) is -1.08. The third-order valence-electron chi connectivity index (χ3n) is 3.50. The highest BCUT2D eigenvalue weighted by atomic mass is 19.3. The Morgan fingerprint density at radius 2 is 1.92 bits per heavy atom. The van der Waals surface area contributed by atoms with Crippen molar-refractivity contribution in [3.8, 4) is 17.3 Å². The minimum absolute atomic E-state index is 0.230. The number of alkyl halides is 2. The normalized spacial score (nSPS) is 11.5. The third kappa shape index (κ3) is 2.54. The number of benzene rings is 2. The van der Waals surface area contributed by atoms with Crippen LogP contribution in [0.1, 0.15) is 5.56 Å². The van der Waals surface area contributed by atoms with E-state index >= 15 is 0 Å². The molecular weight excluding hydrogens is 316 g/mol. The maximum Gasteiger partial charge on any atom is 0.388 e. The van der Waals surface area contributed by atoms with Crippen molar-refractivity contribution in [2.75, 3.05) is 0 Å². The number of ether oxygens (including phenoxy) is 1. The van der Waals surface area contributed by atoms with E-state index in [-0.39, 0.29) is 5.88 Å². The molecule has 0 radical (unpaired) electrons. The van der Waals surface area contributed by atoms with Crippen LogP contribution in [0.5, 0.6) is 5.88 Å². The summed E-state index contributed by atoms with van der Waals surface area (Å²) in [6.07, 6.45) is 1.16. The van der Waals surface area contributed by atoms with E-state index in [1.54, 1.807) is 6.07 Å². The van der Waals surface area contributed by atoms with Gasteiger partial charge in [-0.3, -0.25) is 0 Å². The van der Waals surface area contributed by atoms with E-state index in [0.29, 0.717) is 28.1 Å². The molecule has 4 aromatic rings. The first-order chi connectivity index (χ1) is 11.6. The topological polar surface area (TPSA) is 61.0 Å². The summed E-state index contributed by atoms with van der Waals surface area (Å²) in [5.41, 5.74) is 3.86. The van der Waals surface area contributed by atoms with Crippen molar-refractivity contribution >= 4 is 22.1 Å². The van der Waals surface area contributed by atoms with Gasteiger partial charge in [0.05, 0.1) is 17.3 Å².